The van der Waals surface area contributed by atoms with E-state index in [0.29, 0.717) is 0 Å². The van der Waals surface area contributed by atoms with Gasteiger partial charge in [0.2, 0.25) is 0 Å². The van der Waals surface area contributed by atoms with Crippen molar-refractivity contribution < 1.29 is 0 Å². The molecule has 21 heavy (non-hydrogen) atoms. The number of aromatic amines is 1. The SMILES string of the molecule is Cc1ncc(CNC(C)c2cn[nH]c2)n1-c1ccccc1. The van der Waals surface area contributed by atoms with E-state index in [1.807, 2.05) is 43.7 Å². The largest absolute Gasteiger partial charge is 0.304 e. The quantitative estimate of drug-likeness (QED) is 0.756. The first kappa shape index (κ1) is 13.6. The van der Waals surface area contributed by atoms with Crippen LogP contribution in [-0.4, -0.2) is 19.7 Å². The molecule has 0 fully saturated rings. The average Bonchev–Trinajstić information content (AvgIpc) is 3.15. The summed E-state index contributed by atoms with van der Waals surface area (Å²) < 4.78 is 2.18. The molecule has 1 unspecified atom stereocenters. The summed E-state index contributed by atoms with van der Waals surface area (Å²) in [5.41, 5.74) is 3.44. The topological polar surface area (TPSA) is 58.5 Å². The molecule has 0 saturated carbocycles. The summed E-state index contributed by atoms with van der Waals surface area (Å²) in [5, 5.41) is 10.3. The number of nitrogens with one attached hydrogen (secondary N) is 2. The molecule has 0 spiro atoms. The Bertz CT molecular complexity index is 685. The van der Waals surface area contributed by atoms with E-state index in [4.69, 9.17) is 0 Å². The molecule has 0 aliphatic carbocycles. The average molecular weight is 281 g/mol. The van der Waals surface area contributed by atoms with Gasteiger partial charge in [-0.05, 0) is 26.0 Å². The Kier molecular flexibility index (Phi) is 3.83. The fourth-order valence-electron chi connectivity index (χ4n) is 2.42. The van der Waals surface area contributed by atoms with Crippen LogP contribution >= 0.6 is 0 Å². The Balaban J connectivity index is 1.78. The maximum atomic E-state index is 4.44. The van der Waals surface area contributed by atoms with Crippen molar-refractivity contribution in [3.63, 3.8) is 0 Å². The summed E-state index contributed by atoms with van der Waals surface area (Å²) in [4.78, 5) is 4.44. The van der Waals surface area contributed by atoms with Crippen LogP contribution < -0.4 is 5.32 Å². The summed E-state index contributed by atoms with van der Waals surface area (Å²) in [6, 6.07) is 10.5. The number of hydrogen-bond acceptors (Lipinski definition) is 3. The number of aryl methyl sites for hydroxylation is 1. The van der Waals surface area contributed by atoms with Crippen LogP contribution in [0.5, 0.6) is 0 Å². The minimum absolute atomic E-state index is 0.239. The summed E-state index contributed by atoms with van der Waals surface area (Å²) >= 11 is 0. The van der Waals surface area contributed by atoms with Gasteiger partial charge in [0.1, 0.15) is 5.82 Å². The first-order chi connectivity index (χ1) is 10.3. The number of benzene rings is 1. The van der Waals surface area contributed by atoms with Crippen LogP contribution in [0.1, 0.15) is 30.0 Å². The maximum Gasteiger partial charge on any atom is 0.110 e. The molecule has 108 valence electrons. The van der Waals surface area contributed by atoms with Gasteiger partial charge < -0.3 is 5.32 Å². The van der Waals surface area contributed by atoms with Gasteiger partial charge in [-0.1, -0.05) is 18.2 Å². The van der Waals surface area contributed by atoms with Gasteiger partial charge in [-0.2, -0.15) is 5.10 Å². The van der Waals surface area contributed by atoms with E-state index in [2.05, 4.69) is 44.1 Å². The van der Waals surface area contributed by atoms with Gasteiger partial charge in [0.25, 0.3) is 0 Å². The van der Waals surface area contributed by atoms with Crippen molar-refractivity contribution in [3.05, 3.63) is 66.0 Å². The lowest BCUT2D eigenvalue weighted by Gasteiger charge is -2.14. The lowest BCUT2D eigenvalue weighted by Crippen LogP contribution is -2.19. The molecule has 0 radical (unpaired) electrons. The molecule has 0 saturated heterocycles. The van der Waals surface area contributed by atoms with Crippen molar-refractivity contribution in [1.29, 1.82) is 0 Å². The second-order valence-corrected chi connectivity index (χ2v) is 5.10. The molecule has 1 aromatic carbocycles. The third kappa shape index (κ3) is 2.87. The van der Waals surface area contributed by atoms with Crippen molar-refractivity contribution in [2.24, 2.45) is 0 Å². The van der Waals surface area contributed by atoms with Crippen LogP contribution in [0.15, 0.2) is 48.9 Å². The van der Waals surface area contributed by atoms with E-state index in [1.54, 1.807) is 0 Å². The van der Waals surface area contributed by atoms with Crippen LogP contribution in [0.25, 0.3) is 5.69 Å². The molecule has 5 heteroatoms. The number of H-pyrrole nitrogens is 1. The highest BCUT2D eigenvalue weighted by molar-refractivity contribution is 5.35. The van der Waals surface area contributed by atoms with E-state index < -0.39 is 0 Å². The second-order valence-electron chi connectivity index (χ2n) is 5.10. The van der Waals surface area contributed by atoms with Gasteiger partial charge in [0.05, 0.1) is 18.1 Å². The van der Waals surface area contributed by atoms with Crippen LogP contribution in [0, 0.1) is 6.92 Å². The molecule has 5 nitrogen and oxygen atoms in total. The van der Waals surface area contributed by atoms with E-state index in [-0.39, 0.29) is 6.04 Å². The van der Waals surface area contributed by atoms with Crippen LogP contribution in [0.4, 0.5) is 0 Å². The van der Waals surface area contributed by atoms with Gasteiger partial charge in [-0.3, -0.25) is 9.67 Å². The zero-order valence-electron chi connectivity index (χ0n) is 12.2. The van der Waals surface area contributed by atoms with Gasteiger partial charge in [-0.25, -0.2) is 4.98 Å². The van der Waals surface area contributed by atoms with Gasteiger partial charge in [0, 0.05) is 30.0 Å². The Morgan fingerprint density at radius 1 is 1.24 bits per heavy atom. The van der Waals surface area contributed by atoms with Crippen molar-refractivity contribution in [1.82, 2.24) is 25.1 Å². The molecule has 0 amide bonds. The molecule has 2 N–H and O–H groups in total. The van der Waals surface area contributed by atoms with Crippen LogP contribution in [0.3, 0.4) is 0 Å². The number of aromatic nitrogens is 4. The van der Waals surface area contributed by atoms with E-state index in [9.17, 15) is 0 Å². The minimum atomic E-state index is 0.239. The van der Waals surface area contributed by atoms with Gasteiger partial charge in [-0.15, -0.1) is 0 Å². The maximum absolute atomic E-state index is 4.44. The molecule has 0 bridgehead atoms. The normalized spacial score (nSPS) is 12.5. The van der Waals surface area contributed by atoms with Crippen LogP contribution in [0.2, 0.25) is 0 Å². The zero-order valence-corrected chi connectivity index (χ0v) is 12.2. The molecule has 1 atom stereocenters. The summed E-state index contributed by atoms with van der Waals surface area (Å²) in [7, 11) is 0. The fourth-order valence-corrected chi connectivity index (χ4v) is 2.42. The van der Waals surface area contributed by atoms with Gasteiger partial charge >= 0.3 is 0 Å². The van der Waals surface area contributed by atoms with Crippen molar-refractivity contribution in [3.8, 4) is 5.69 Å². The number of imidazole rings is 1. The van der Waals surface area contributed by atoms with Crippen LogP contribution in [-0.2, 0) is 6.54 Å². The lowest BCUT2D eigenvalue weighted by molar-refractivity contribution is 0.563. The Morgan fingerprint density at radius 3 is 2.76 bits per heavy atom. The molecule has 3 aromatic rings. The predicted octanol–water partition coefficient (Wildman–Crippen LogP) is 2.75. The lowest BCUT2D eigenvalue weighted by atomic mass is 10.2. The fraction of sp³-hybridized carbons (Fsp3) is 0.250. The Labute approximate surface area is 124 Å². The molecule has 2 heterocycles. The predicted molar refractivity (Wildman–Crippen MR) is 82.1 cm³/mol. The highest BCUT2D eigenvalue weighted by Crippen LogP contribution is 2.16. The highest BCUT2D eigenvalue weighted by atomic mass is 15.1. The summed E-state index contributed by atoms with van der Waals surface area (Å²) in [5.74, 6) is 0.994. The van der Waals surface area contributed by atoms with Crippen molar-refractivity contribution in [2.75, 3.05) is 0 Å². The Hall–Kier alpha value is -2.40. The third-order valence-electron chi connectivity index (χ3n) is 3.63. The molecule has 2 aromatic heterocycles. The van der Waals surface area contributed by atoms with E-state index >= 15 is 0 Å². The number of hydrogen-bond donors (Lipinski definition) is 2. The first-order valence-corrected chi connectivity index (χ1v) is 7.06. The summed E-state index contributed by atoms with van der Waals surface area (Å²) in [6.07, 6.45) is 5.69. The number of nitrogens with zero attached hydrogens (tertiary/aromatic N) is 3. The van der Waals surface area contributed by atoms with Gasteiger partial charge in [0.15, 0.2) is 0 Å². The molecule has 3 rings (SSSR count). The highest BCUT2D eigenvalue weighted by Gasteiger charge is 2.11. The Morgan fingerprint density at radius 2 is 2.05 bits per heavy atom. The second kappa shape index (κ2) is 5.93. The monoisotopic (exact) mass is 281 g/mol. The number of rotatable bonds is 5. The number of para-hydroxylation sites is 1. The van der Waals surface area contributed by atoms with Crippen molar-refractivity contribution in [2.45, 2.75) is 26.4 Å². The zero-order chi connectivity index (χ0) is 14.7. The summed E-state index contributed by atoms with van der Waals surface area (Å²) in [6.45, 7) is 4.90. The first-order valence-electron chi connectivity index (χ1n) is 7.06. The molecular formula is C16H19N5. The van der Waals surface area contributed by atoms with Crippen molar-refractivity contribution >= 4 is 0 Å². The minimum Gasteiger partial charge on any atom is -0.304 e. The molecule has 0 aliphatic rings. The smallest absolute Gasteiger partial charge is 0.110 e. The van der Waals surface area contributed by atoms with E-state index in [0.717, 1.165) is 29.3 Å². The third-order valence-corrected chi connectivity index (χ3v) is 3.63. The van der Waals surface area contributed by atoms with E-state index in [1.165, 1.54) is 0 Å². The molecular weight excluding hydrogens is 262 g/mol. The molecule has 0 aliphatic heterocycles. The standard InChI is InChI=1S/C16H19N5/c1-12(14-8-19-20-9-14)17-10-16-11-18-13(2)21(16)15-6-4-3-5-7-15/h3-9,11-12,17H,10H2,1-2H3,(H,19,20).